The summed E-state index contributed by atoms with van der Waals surface area (Å²) in [7, 11) is 0. The number of hydrogen-bond donors (Lipinski definition) is 2. The second-order valence-electron chi connectivity index (χ2n) is 7.14. The second kappa shape index (κ2) is 10.5. The Bertz CT molecular complexity index is 857. The molecule has 0 atom stereocenters. The molecule has 152 valence electrons. The Hall–Kier alpha value is -3.06. The summed E-state index contributed by atoms with van der Waals surface area (Å²) in [6.07, 6.45) is 5.99. The van der Waals surface area contributed by atoms with Gasteiger partial charge in [0, 0.05) is 36.5 Å². The number of amides is 1. The van der Waals surface area contributed by atoms with Crippen molar-refractivity contribution in [1.29, 1.82) is 0 Å². The van der Waals surface area contributed by atoms with Gasteiger partial charge < -0.3 is 11.2 Å². The van der Waals surface area contributed by atoms with Gasteiger partial charge in [-0.25, -0.2) is 0 Å². The number of benzene rings is 1. The number of nitrogens with two attached hydrogens (primary N) is 1. The molecule has 1 amide bonds. The molecule has 0 radical (unpaired) electrons. The Morgan fingerprint density at radius 2 is 2.03 bits per heavy atom. The van der Waals surface area contributed by atoms with Gasteiger partial charge in [-0.1, -0.05) is 25.1 Å². The molecular weight excluding hydrogens is 364 g/mol. The summed E-state index contributed by atoms with van der Waals surface area (Å²) in [6.45, 7) is 4.41. The van der Waals surface area contributed by atoms with Gasteiger partial charge in [0.25, 0.3) is 0 Å². The van der Waals surface area contributed by atoms with Crippen molar-refractivity contribution in [2.24, 2.45) is 15.9 Å². The quantitative estimate of drug-likeness (QED) is 0.429. The monoisotopic (exact) mass is 392 g/mol. The fourth-order valence-electron chi connectivity index (χ4n) is 3.39. The van der Waals surface area contributed by atoms with Crippen LogP contribution in [0.2, 0.25) is 0 Å². The smallest absolute Gasteiger partial charge is 0.224 e. The lowest BCUT2D eigenvalue weighted by Gasteiger charge is -2.31. The Morgan fingerprint density at radius 3 is 2.72 bits per heavy atom. The molecule has 0 unspecified atom stereocenters. The molecule has 0 aliphatic carbocycles. The Kier molecular flexibility index (Phi) is 7.47. The van der Waals surface area contributed by atoms with E-state index in [1.807, 2.05) is 49.4 Å². The van der Waals surface area contributed by atoms with Crippen LogP contribution in [0.4, 0.5) is 11.4 Å². The van der Waals surface area contributed by atoms with Gasteiger partial charge in [0.1, 0.15) is 0 Å². The third-order valence-corrected chi connectivity index (χ3v) is 5.06. The van der Waals surface area contributed by atoms with E-state index in [4.69, 9.17) is 5.84 Å². The van der Waals surface area contributed by atoms with Crippen molar-refractivity contribution in [2.75, 3.05) is 25.0 Å². The average Bonchev–Trinajstić information content (AvgIpc) is 2.78. The largest absolute Gasteiger partial charge is 0.326 e. The number of hydrazone groups is 1. The van der Waals surface area contributed by atoms with Crippen LogP contribution in [-0.2, 0) is 4.79 Å². The molecule has 1 saturated heterocycles. The summed E-state index contributed by atoms with van der Waals surface area (Å²) in [5, 5.41) is 6.80. The van der Waals surface area contributed by atoms with Crippen LogP contribution in [0.5, 0.6) is 0 Å². The molecule has 1 aromatic heterocycles. The van der Waals surface area contributed by atoms with Crippen LogP contribution in [0, 0.1) is 0 Å². The van der Waals surface area contributed by atoms with Crippen LogP contribution in [0.25, 0.3) is 0 Å². The molecule has 1 aliphatic rings. The number of pyridine rings is 1. The van der Waals surface area contributed by atoms with E-state index in [-0.39, 0.29) is 5.91 Å². The van der Waals surface area contributed by atoms with Crippen molar-refractivity contribution < 1.29 is 4.79 Å². The number of rotatable bonds is 7. The third-order valence-electron chi connectivity index (χ3n) is 5.06. The number of anilines is 1. The number of likely N-dealkylation sites (tertiary alicyclic amines) is 1. The Labute approximate surface area is 171 Å². The zero-order chi connectivity index (χ0) is 20.5. The number of carbonyl (C=O) groups excluding carboxylic acids is 1. The first kappa shape index (κ1) is 20.7. The number of para-hydroxylation sites is 1. The molecule has 0 bridgehead atoms. The van der Waals surface area contributed by atoms with E-state index in [1.165, 1.54) is 0 Å². The van der Waals surface area contributed by atoms with Crippen molar-refractivity contribution in [3.8, 4) is 0 Å². The highest BCUT2D eigenvalue weighted by Gasteiger charge is 2.22. The minimum Gasteiger partial charge on any atom is -0.326 e. The number of carbonyl (C=O) groups is 1. The summed E-state index contributed by atoms with van der Waals surface area (Å²) < 4.78 is 0. The minimum absolute atomic E-state index is 0.0164. The number of nitrogens with one attached hydrogen (secondary N) is 1. The van der Waals surface area contributed by atoms with E-state index in [9.17, 15) is 4.79 Å². The van der Waals surface area contributed by atoms with Crippen LogP contribution in [-0.4, -0.2) is 47.4 Å². The van der Waals surface area contributed by atoms with Crippen LogP contribution < -0.4 is 11.2 Å². The molecule has 3 rings (SSSR count). The maximum atomic E-state index is 11.6. The summed E-state index contributed by atoms with van der Waals surface area (Å²) in [5.41, 5.74) is 3.50. The van der Waals surface area contributed by atoms with E-state index < -0.39 is 0 Å². The Balaban J connectivity index is 1.53. The predicted molar refractivity (Wildman–Crippen MR) is 118 cm³/mol. The zero-order valence-electron chi connectivity index (χ0n) is 16.8. The topological polar surface area (TPSA) is 96.0 Å². The number of hydrogen-bond acceptors (Lipinski definition) is 6. The first-order valence-corrected chi connectivity index (χ1v) is 10.0. The van der Waals surface area contributed by atoms with Gasteiger partial charge >= 0.3 is 0 Å². The summed E-state index contributed by atoms with van der Waals surface area (Å²) in [6, 6.07) is 13.6. The fraction of sp³-hybridized carbons (Fsp3) is 0.364. The van der Waals surface area contributed by atoms with Gasteiger partial charge in [-0.15, -0.1) is 0 Å². The van der Waals surface area contributed by atoms with Crippen molar-refractivity contribution in [3.05, 3.63) is 54.4 Å². The highest BCUT2D eigenvalue weighted by atomic mass is 16.1. The van der Waals surface area contributed by atoms with Crippen LogP contribution >= 0.6 is 0 Å². The van der Waals surface area contributed by atoms with E-state index in [0.717, 1.165) is 48.7 Å². The van der Waals surface area contributed by atoms with Crippen LogP contribution in [0.1, 0.15) is 37.8 Å². The number of piperidine rings is 1. The van der Waals surface area contributed by atoms with Gasteiger partial charge in [-0.05, 0) is 50.2 Å². The molecule has 7 heteroatoms. The minimum atomic E-state index is 0.0164. The number of aliphatic imine (C=N–C) groups is 1. The first-order chi connectivity index (χ1) is 14.2. The third kappa shape index (κ3) is 6.22. The Morgan fingerprint density at radius 1 is 1.28 bits per heavy atom. The lowest BCUT2D eigenvalue weighted by molar-refractivity contribution is -0.115. The molecule has 2 aromatic rings. The molecule has 1 aliphatic heterocycles. The highest BCUT2D eigenvalue weighted by molar-refractivity contribution is 6.31. The lowest BCUT2D eigenvalue weighted by atomic mass is 9.92. The highest BCUT2D eigenvalue weighted by Crippen LogP contribution is 2.28. The molecule has 7 nitrogen and oxygen atoms in total. The molecule has 0 spiro atoms. The average molecular weight is 393 g/mol. The SMILES string of the molecule is CCC(=O)Nc1ccnc(C2CCN(CC(C=Nc3ccccc3)=NN)CC2)c1. The standard InChI is InChI=1S/C22H28N6O/c1-2-22(29)26-19-8-11-24-21(14-19)17-9-12-28(13-10-17)16-20(27-23)15-25-18-6-4-3-5-7-18/h3-8,11,14-15,17H,2,9-10,12-13,16,23H2,1H3,(H,24,26,29). The van der Waals surface area contributed by atoms with Crippen molar-refractivity contribution >= 4 is 29.2 Å². The summed E-state index contributed by atoms with van der Waals surface area (Å²) in [4.78, 5) is 22.9. The van der Waals surface area contributed by atoms with E-state index in [1.54, 1.807) is 12.4 Å². The van der Waals surface area contributed by atoms with Gasteiger partial charge in [0.15, 0.2) is 0 Å². The van der Waals surface area contributed by atoms with E-state index in [2.05, 4.69) is 25.3 Å². The number of aromatic nitrogens is 1. The van der Waals surface area contributed by atoms with Gasteiger partial charge in [-0.3, -0.25) is 19.7 Å². The normalized spacial score (nSPS) is 16.2. The zero-order valence-corrected chi connectivity index (χ0v) is 16.8. The lowest BCUT2D eigenvalue weighted by Crippen LogP contribution is -2.37. The summed E-state index contributed by atoms with van der Waals surface area (Å²) >= 11 is 0. The number of nitrogens with zero attached hydrogens (tertiary/aromatic N) is 4. The van der Waals surface area contributed by atoms with Crippen molar-refractivity contribution in [3.63, 3.8) is 0 Å². The van der Waals surface area contributed by atoms with E-state index in [0.29, 0.717) is 18.9 Å². The molecule has 1 fully saturated rings. The van der Waals surface area contributed by atoms with Crippen molar-refractivity contribution in [1.82, 2.24) is 9.88 Å². The van der Waals surface area contributed by atoms with E-state index >= 15 is 0 Å². The second-order valence-corrected chi connectivity index (χ2v) is 7.14. The van der Waals surface area contributed by atoms with Crippen LogP contribution in [0.3, 0.4) is 0 Å². The predicted octanol–water partition coefficient (Wildman–Crippen LogP) is 3.33. The van der Waals surface area contributed by atoms with Gasteiger partial charge in [-0.2, -0.15) is 5.10 Å². The maximum Gasteiger partial charge on any atom is 0.224 e. The van der Waals surface area contributed by atoms with Gasteiger partial charge in [0.05, 0.1) is 17.6 Å². The fourth-order valence-corrected chi connectivity index (χ4v) is 3.39. The summed E-state index contributed by atoms with van der Waals surface area (Å²) in [5.74, 6) is 5.97. The molecular formula is C22H28N6O. The molecule has 3 N–H and O–H groups in total. The van der Waals surface area contributed by atoms with Crippen molar-refractivity contribution in [2.45, 2.75) is 32.1 Å². The van der Waals surface area contributed by atoms with Crippen LogP contribution in [0.15, 0.2) is 58.8 Å². The molecule has 2 heterocycles. The molecule has 29 heavy (non-hydrogen) atoms. The van der Waals surface area contributed by atoms with Gasteiger partial charge in [0.2, 0.25) is 5.91 Å². The molecule has 1 aromatic carbocycles. The maximum absolute atomic E-state index is 11.6. The first-order valence-electron chi connectivity index (χ1n) is 10.0. The molecule has 0 saturated carbocycles.